The summed E-state index contributed by atoms with van der Waals surface area (Å²) in [7, 11) is 0. The van der Waals surface area contributed by atoms with E-state index in [0.29, 0.717) is 34.6 Å². The van der Waals surface area contributed by atoms with Crippen molar-refractivity contribution in [2.24, 2.45) is 0 Å². The van der Waals surface area contributed by atoms with Crippen molar-refractivity contribution in [3.8, 4) is 11.5 Å². The molecule has 1 aromatic heterocycles. The summed E-state index contributed by atoms with van der Waals surface area (Å²) in [4.78, 5) is 4.22. The monoisotopic (exact) mass is 418 g/mol. The average Bonchev–Trinajstić information content (AvgIpc) is 3.18. The molecule has 0 saturated carbocycles. The summed E-state index contributed by atoms with van der Waals surface area (Å²) in [5.74, 6) is 1.14. The summed E-state index contributed by atoms with van der Waals surface area (Å²) in [6.07, 6.45) is 3.26. The van der Waals surface area contributed by atoms with Gasteiger partial charge in [-0.2, -0.15) is 18.9 Å². The lowest BCUT2D eigenvalue weighted by Crippen LogP contribution is -2.21. The van der Waals surface area contributed by atoms with Gasteiger partial charge in [0.2, 0.25) is 5.95 Å². The van der Waals surface area contributed by atoms with E-state index in [1.165, 1.54) is 12.4 Å². The normalized spacial score (nSPS) is 15.5. The second kappa shape index (κ2) is 8.08. The van der Waals surface area contributed by atoms with Gasteiger partial charge in [0.05, 0.1) is 11.6 Å². The zero-order chi connectivity index (χ0) is 20.4. The Kier molecular flexibility index (Phi) is 5.35. The Hall–Kier alpha value is -3.13. The van der Waals surface area contributed by atoms with Crippen LogP contribution in [0.4, 0.5) is 14.7 Å². The van der Waals surface area contributed by atoms with Crippen molar-refractivity contribution < 1.29 is 18.3 Å². The molecule has 0 radical (unpaired) electrons. The Morgan fingerprint density at radius 2 is 2.03 bits per heavy atom. The minimum Gasteiger partial charge on any atom is -0.492 e. The van der Waals surface area contributed by atoms with Gasteiger partial charge >= 0.3 is 6.61 Å². The highest BCUT2D eigenvalue weighted by Crippen LogP contribution is 2.37. The fourth-order valence-corrected chi connectivity index (χ4v) is 3.43. The number of hydrogen-bond acceptors (Lipinski definition) is 5. The Morgan fingerprint density at radius 1 is 1.21 bits per heavy atom. The number of anilines is 1. The van der Waals surface area contributed by atoms with Crippen LogP contribution in [0.1, 0.15) is 24.1 Å². The largest absolute Gasteiger partial charge is 0.492 e. The third kappa shape index (κ3) is 3.88. The first kappa shape index (κ1) is 19.2. The summed E-state index contributed by atoms with van der Waals surface area (Å²) in [5, 5.41) is 7.89. The lowest BCUT2D eigenvalue weighted by atomic mass is 10.0. The molecule has 1 aliphatic rings. The molecule has 0 amide bonds. The first-order valence-electron chi connectivity index (χ1n) is 8.91. The van der Waals surface area contributed by atoms with E-state index in [2.05, 4.69) is 15.4 Å². The van der Waals surface area contributed by atoms with Gasteiger partial charge in [-0.25, -0.2) is 4.68 Å². The van der Waals surface area contributed by atoms with Crippen molar-refractivity contribution in [2.75, 3.05) is 11.9 Å². The number of fused-ring (bicyclic) bond motifs is 1. The van der Waals surface area contributed by atoms with Crippen LogP contribution in [0.15, 0.2) is 54.9 Å². The van der Waals surface area contributed by atoms with Crippen LogP contribution >= 0.6 is 11.6 Å². The molecule has 29 heavy (non-hydrogen) atoms. The van der Waals surface area contributed by atoms with Crippen LogP contribution in [0.3, 0.4) is 0 Å². The number of alkyl halides is 2. The zero-order valence-electron chi connectivity index (χ0n) is 15.3. The Balaban J connectivity index is 1.77. The molecular weight excluding hydrogens is 402 g/mol. The summed E-state index contributed by atoms with van der Waals surface area (Å²) < 4.78 is 37.6. The Morgan fingerprint density at radius 3 is 2.79 bits per heavy atom. The van der Waals surface area contributed by atoms with Gasteiger partial charge in [0.1, 0.15) is 23.9 Å². The lowest BCUT2D eigenvalue weighted by Gasteiger charge is -2.26. The van der Waals surface area contributed by atoms with Crippen molar-refractivity contribution in [3.05, 3.63) is 71.0 Å². The SMILES string of the molecule is CCOc1ccc(C2=CC(c3ccccc3OC(F)F)n3ncnc3N2)cc1Cl. The van der Waals surface area contributed by atoms with Crippen LogP contribution in [0, 0.1) is 0 Å². The van der Waals surface area contributed by atoms with Crippen molar-refractivity contribution in [1.82, 2.24) is 14.8 Å². The number of halogens is 3. The fraction of sp³-hybridized carbons (Fsp3) is 0.200. The molecule has 0 fully saturated rings. The van der Waals surface area contributed by atoms with E-state index in [1.807, 2.05) is 19.1 Å². The highest BCUT2D eigenvalue weighted by atomic mass is 35.5. The molecule has 4 rings (SSSR count). The number of nitrogens with one attached hydrogen (secondary N) is 1. The number of para-hydroxylation sites is 1. The van der Waals surface area contributed by atoms with Crippen molar-refractivity contribution in [2.45, 2.75) is 19.6 Å². The van der Waals surface area contributed by atoms with E-state index in [9.17, 15) is 8.78 Å². The maximum Gasteiger partial charge on any atom is 0.387 e. The van der Waals surface area contributed by atoms with E-state index in [1.54, 1.807) is 35.0 Å². The maximum atomic E-state index is 12.9. The molecule has 1 N–H and O–H groups in total. The zero-order valence-corrected chi connectivity index (χ0v) is 16.1. The molecule has 6 nitrogen and oxygen atoms in total. The molecule has 2 heterocycles. The number of benzene rings is 2. The molecule has 1 unspecified atom stereocenters. The van der Waals surface area contributed by atoms with Gasteiger partial charge in [0, 0.05) is 11.3 Å². The van der Waals surface area contributed by atoms with Crippen LogP contribution in [0.2, 0.25) is 5.02 Å². The molecule has 1 atom stereocenters. The first-order valence-corrected chi connectivity index (χ1v) is 9.29. The number of ether oxygens (including phenoxy) is 2. The predicted molar refractivity (Wildman–Crippen MR) is 105 cm³/mol. The number of hydrogen-bond donors (Lipinski definition) is 1. The molecular formula is C20H17ClF2N4O2. The molecule has 150 valence electrons. The van der Waals surface area contributed by atoms with E-state index in [4.69, 9.17) is 21.1 Å². The van der Waals surface area contributed by atoms with Gasteiger partial charge in [-0.05, 0) is 42.8 Å². The van der Waals surface area contributed by atoms with Crippen molar-refractivity contribution in [1.29, 1.82) is 0 Å². The second-order valence-corrected chi connectivity index (χ2v) is 6.58. The molecule has 9 heteroatoms. The minimum atomic E-state index is -2.93. The van der Waals surface area contributed by atoms with Crippen LogP contribution in [-0.4, -0.2) is 28.0 Å². The van der Waals surface area contributed by atoms with E-state index in [-0.39, 0.29) is 5.75 Å². The third-order valence-corrected chi connectivity index (χ3v) is 4.70. The van der Waals surface area contributed by atoms with E-state index < -0.39 is 12.7 Å². The summed E-state index contributed by atoms with van der Waals surface area (Å²) in [5.41, 5.74) is 2.05. The van der Waals surface area contributed by atoms with Gasteiger partial charge in [-0.1, -0.05) is 29.8 Å². The molecule has 2 aromatic carbocycles. The molecule has 0 aliphatic carbocycles. The third-order valence-electron chi connectivity index (χ3n) is 4.40. The minimum absolute atomic E-state index is 0.0798. The van der Waals surface area contributed by atoms with Crippen LogP contribution in [-0.2, 0) is 0 Å². The van der Waals surface area contributed by atoms with Crippen LogP contribution in [0.5, 0.6) is 11.5 Å². The standard InChI is InChI=1S/C20H17ClF2N4O2/c1-2-28-18-8-7-12(9-14(18)21)15-10-16(27-20(26-15)24-11-25-27)13-5-3-4-6-17(13)29-19(22)23/h3-11,16,19H,2H2,1H3,(H,24,25,26). The van der Waals surface area contributed by atoms with E-state index >= 15 is 0 Å². The second-order valence-electron chi connectivity index (χ2n) is 6.17. The maximum absolute atomic E-state index is 12.9. The smallest absolute Gasteiger partial charge is 0.387 e. The Labute approximate surface area is 170 Å². The molecule has 0 saturated heterocycles. The number of aromatic nitrogens is 3. The van der Waals surface area contributed by atoms with Gasteiger partial charge in [-0.15, -0.1) is 0 Å². The topological polar surface area (TPSA) is 61.2 Å². The van der Waals surface area contributed by atoms with Crippen LogP contribution < -0.4 is 14.8 Å². The lowest BCUT2D eigenvalue weighted by molar-refractivity contribution is -0.0506. The molecule has 0 spiro atoms. The number of allylic oxidation sites excluding steroid dienone is 1. The van der Waals surface area contributed by atoms with Gasteiger partial charge in [-0.3, -0.25) is 0 Å². The summed E-state index contributed by atoms with van der Waals surface area (Å²) >= 11 is 6.33. The highest BCUT2D eigenvalue weighted by Gasteiger charge is 2.26. The highest BCUT2D eigenvalue weighted by molar-refractivity contribution is 6.32. The summed E-state index contributed by atoms with van der Waals surface area (Å²) in [6.45, 7) is -0.542. The van der Waals surface area contributed by atoms with Crippen molar-refractivity contribution in [3.63, 3.8) is 0 Å². The first-order chi connectivity index (χ1) is 14.1. The molecule has 0 bridgehead atoms. The van der Waals surface area contributed by atoms with Crippen LogP contribution in [0.25, 0.3) is 5.70 Å². The molecule has 3 aromatic rings. The number of nitrogens with zero attached hydrogens (tertiary/aromatic N) is 3. The van der Waals surface area contributed by atoms with Crippen molar-refractivity contribution >= 4 is 23.2 Å². The summed E-state index contributed by atoms with van der Waals surface area (Å²) in [6, 6.07) is 11.5. The average molecular weight is 419 g/mol. The van der Waals surface area contributed by atoms with Gasteiger partial charge in [0.15, 0.2) is 0 Å². The van der Waals surface area contributed by atoms with E-state index in [0.717, 1.165) is 5.56 Å². The number of rotatable bonds is 6. The fourth-order valence-electron chi connectivity index (χ4n) is 3.19. The quantitative estimate of drug-likeness (QED) is 0.611. The Bertz CT molecular complexity index is 1050. The molecule has 1 aliphatic heterocycles. The van der Waals surface area contributed by atoms with Gasteiger partial charge < -0.3 is 14.8 Å². The predicted octanol–water partition coefficient (Wildman–Crippen LogP) is 4.99. The van der Waals surface area contributed by atoms with Gasteiger partial charge in [0.25, 0.3) is 0 Å².